The number of nitro groups is 1. The second kappa shape index (κ2) is 8.75. The van der Waals surface area contributed by atoms with Gasteiger partial charge in [0.25, 0.3) is 16.8 Å². The number of imide groups is 1. The van der Waals surface area contributed by atoms with Crippen LogP contribution in [0.2, 0.25) is 5.15 Å². The number of aromatic nitrogens is 1. The van der Waals surface area contributed by atoms with E-state index in [4.69, 9.17) is 11.6 Å². The minimum atomic E-state index is -0.496. The maximum atomic E-state index is 12.8. The molecule has 0 aliphatic carbocycles. The van der Waals surface area contributed by atoms with Gasteiger partial charge in [0.05, 0.1) is 21.3 Å². The van der Waals surface area contributed by atoms with E-state index in [1.54, 1.807) is 6.08 Å². The summed E-state index contributed by atoms with van der Waals surface area (Å²) in [5.74, 6) is -0.410. The van der Waals surface area contributed by atoms with E-state index in [1.165, 1.54) is 42.0 Å². The van der Waals surface area contributed by atoms with Crippen LogP contribution < -0.4 is 4.90 Å². The number of thioether (sulfide) groups is 1. The second-order valence-corrected chi connectivity index (χ2v) is 9.25. The third-order valence-electron chi connectivity index (χ3n) is 4.85. The Hall–Kier alpha value is -2.43. The minimum absolute atomic E-state index is 0.0443. The highest BCUT2D eigenvalue weighted by Gasteiger charge is 2.35. The zero-order valence-electron chi connectivity index (χ0n) is 15.7. The standard InChI is InChI=1S/C19H17ClN4O4S2/c20-16-14(29-18(21-16)22-8-2-1-3-9-22)10-15-17(25)23(19(26)30-15)11-12-4-6-13(7-5-12)24(27)28/h4-7,10H,1-3,8-9,11H2/b15-10-. The van der Waals surface area contributed by atoms with E-state index in [2.05, 4.69) is 9.88 Å². The van der Waals surface area contributed by atoms with E-state index in [0.29, 0.717) is 15.6 Å². The number of amides is 2. The average molecular weight is 465 g/mol. The molecule has 0 radical (unpaired) electrons. The minimum Gasteiger partial charge on any atom is -0.348 e. The Balaban J connectivity index is 1.50. The van der Waals surface area contributed by atoms with Crippen molar-refractivity contribution in [3.8, 4) is 0 Å². The lowest BCUT2D eigenvalue weighted by Gasteiger charge is -2.25. The van der Waals surface area contributed by atoms with Gasteiger partial charge in [-0.15, -0.1) is 0 Å². The van der Waals surface area contributed by atoms with Crippen LogP contribution in [0.15, 0.2) is 29.2 Å². The van der Waals surface area contributed by atoms with Crippen LogP contribution in [0.25, 0.3) is 6.08 Å². The van der Waals surface area contributed by atoms with Crippen molar-refractivity contribution in [3.63, 3.8) is 0 Å². The van der Waals surface area contributed by atoms with E-state index in [-0.39, 0.29) is 22.4 Å². The molecule has 2 aliphatic heterocycles. The van der Waals surface area contributed by atoms with Crippen LogP contribution in [0.3, 0.4) is 0 Å². The summed E-state index contributed by atoms with van der Waals surface area (Å²) >= 11 is 8.55. The molecule has 2 aromatic rings. The van der Waals surface area contributed by atoms with Crippen molar-refractivity contribution in [3.05, 3.63) is 54.9 Å². The van der Waals surface area contributed by atoms with Gasteiger partial charge < -0.3 is 4.90 Å². The van der Waals surface area contributed by atoms with Crippen LogP contribution in [0.4, 0.5) is 15.6 Å². The number of hydrogen-bond acceptors (Lipinski definition) is 8. The van der Waals surface area contributed by atoms with E-state index in [1.807, 2.05) is 0 Å². The number of carbonyl (C=O) groups excluding carboxylic acids is 2. The molecule has 1 aromatic heterocycles. The highest BCUT2D eigenvalue weighted by atomic mass is 35.5. The first-order chi connectivity index (χ1) is 14.4. The summed E-state index contributed by atoms with van der Waals surface area (Å²) in [6, 6.07) is 5.78. The van der Waals surface area contributed by atoms with Gasteiger partial charge in [0.15, 0.2) is 5.13 Å². The SMILES string of the molecule is O=C1S/C(=C\c2sc(N3CCCCC3)nc2Cl)C(=O)N1Cc1ccc([N+](=O)[O-])cc1. The Kier molecular flexibility index (Phi) is 6.07. The molecule has 2 fully saturated rings. The van der Waals surface area contributed by atoms with Gasteiger partial charge in [-0.3, -0.25) is 24.6 Å². The summed E-state index contributed by atoms with van der Waals surface area (Å²) in [5, 5.41) is 11.5. The first kappa shape index (κ1) is 20.8. The molecule has 2 aliphatic rings. The molecule has 4 rings (SSSR count). The lowest BCUT2D eigenvalue weighted by molar-refractivity contribution is -0.384. The number of rotatable bonds is 5. The first-order valence-electron chi connectivity index (χ1n) is 9.32. The summed E-state index contributed by atoms with van der Waals surface area (Å²) in [7, 11) is 0. The molecule has 0 saturated carbocycles. The fourth-order valence-corrected chi connectivity index (χ4v) is 5.42. The molecule has 8 nitrogen and oxygen atoms in total. The Morgan fingerprint density at radius 2 is 1.87 bits per heavy atom. The largest absolute Gasteiger partial charge is 0.348 e. The number of anilines is 1. The third kappa shape index (κ3) is 4.35. The summed E-state index contributed by atoms with van der Waals surface area (Å²) in [4.78, 5) is 44.1. The van der Waals surface area contributed by atoms with Crippen LogP contribution >= 0.6 is 34.7 Å². The summed E-state index contributed by atoms with van der Waals surface area (Å²) in [6.07, 6.45) is 5.07. The molecule has 11 heteroatoms. The molecule has 0 bridgehead atoms. The molecule has 0 atom stereocenters. The molecule has 0 unspecified atom stereocenters. The van der Waals surface area contributed by atoms with Crippen LogP contribution in [-0.2, 0) is 11.3 Å². The zero-order valence-corrected chi connectivity index (χ0v) is 18.1. The van der Waals surface area contributed by atoms with Gasteiger partial charge >= 0.3 is 0 Å². The van der Waals surface area contributed by atoms with Crippen molar-refractivity contribution < 1.29 is 14.5 Å². The lowest BCUT2D eigenvalue weighted by Crippen LogP contribution is -2.29. The quantitative estimate of drug-likeness (QED) is 0.351. The highest BCUT2D eigenvalue weighted by Crippen LogP contribution is 2.38. The monoisotopic (exact) mass is 464 g/mol. The molecule has 0 N–H and O–H groups in total. The lowest BCUT2D eigenvalue weighted by atomic mass is 10.1. The molecular weight excluding hydrogens is 448 g/mol. The number of nitro benzene ring substituents is 1. The molecular formula is C19H17ClN4O4S2. The first-order valence-corrected chi connectivity index (χ1v) is 11.3. The van der Waals surface area contributed by atoms with E-state index < -0.39 is 10.8 Å². The molecule has 0 spiro atoms. The molecule has 2 amide bonds. The predicted octanol–water partition coefficient (Wildman–Crippen LogP) is 4.93. The number of non-ortho nitro benzene ring substituents is 1. The molecule has 30 heavy (non-hydrogen) atoms. The smallest absolute Gasteiger partial charge is 0.293 e. The van der Waals surface area contributed by atoms with E-state index >= 15 is 0 Å². The normalized spacial score (nSPS) is 18.5. The Morgan fingerprint density at radius 3 is 2.53 bits per heavy atom. The van der Waals surface area contributed by atoms with Gasteiger partial charge in [-0.2, -0.15) is 0 Å². The number of nitrogens with zero attached hydrogens (tertiary/aromatic N) is 4. The van der Waals surface area contributed by atoms with Crippen molar-refractivity contribution in [1.82, 2.24) is 9.88 Å². The number of halogens is 1. The van der Waals surface area contributed by atoms with Crippen molar-refractivity contribution in [2.75, 3.05) is 18.0 Å². The predicted molar refractivity (Wildman–Crippen MR) is 118 cm³/mol. The summed E-state index contributed by atoms with van der Waals surface area (Å²) in [5.41, 5.74) is 0.587. The van der Waals surface area contributed by atoms with Gasteiger partial charge in [0.1, 0.15) is 5.15 Å². The molecule has 1 aromatic carbocycles. The van der Waals surface area contributed by atoms with Crippen LogP contribution in [-0.4, -0.2) is 39.0 Å². The van der Waals surface area contributed by atoms with Crippen LogP contribution in [0.1, 0.15) is 29.7 Å². The van der Waals surface area contributed by atoms with Crippen molar-refractivity contribution in [2.45, 2.75) is 25.8 Å². The maximum Gasteiger partial charge on any atom is 0.293 e. The Bertz CT molecular complexity index is 1030. The Morgan fingerprint density at radius 1 is 1.17 bits per heavy atom. The van der Waals surface area contributed by atoms with Crippen LogP contribution in [0, 0.1) is 10.1 Å². The topological polar surface area (TPSA) is 96.7 Å². The molecule has 2 saturated heterocycles. The average Bonchev–Trinajstić information content (AvgIpc) is 3.24. The van der Waals surface area contributed by atoms with Gasteiger partial charge in [0.2, 0.25) is 0 Å². The van der Waals surface area contributed by atoms with Crippen molar-refractivity contribution in [1.29, 1.82) is 0 Å². The maximum absolute atomic E-state index is 12.8. The fourth-order valence-electron chi connectivity index (χ4n) is 3.27. The number of hydrogen-bond donors (Lipinski definition) is 0. The van der Waals surface area contributed by atoms with Gasteiger partial charge in [0, 0.05) is 25.2 Å². The zero-order chi connectivity index (χ0) is 21.3. The second-order valence-electron chi connectivity index (χ2n) is 6.89. The fraction of sp³-hybridized carbons (Fsp3) is 0.316. The van der Waals surface area contributed by atoms with Crippen LogP contribution in [0.5, 0.6) is 0 Å². The number of benzene rings is 1. The Labute approximate surface area is 185 Å². The summed E-state index contributed by atoms with van der Waals surface area (Å²) < 4.78 is 0. The van der Waals surface area contributed by atoms with Gasteiger partial charge in [-0.25, -0.2) is 4.98 Å². The van der Waals surface area contributed by atoms with E-state index in [0.717, 1.165) is 47.7 Å². The summed E-state index contributed by atoms with van der Waals surface area (Å²) in [6.45, 7) is 1.93. The van der Waals surface area contributed by atoms with Gasteiger partial charge in [-0.1, -0.05) is 35.1 Å². The van der Waals surface area contributed by atoms with Gasteiger partial charge in [-0.05, 0) is 42.7 Å². The number of piperidine rings is 1. The van der Waals surface area contributed by atoms with Crippen molar-refractivity contribution in [2.24, 2.45) is 0 Å². The third-order valence-corrected chi connectivity index (χ3v) is 7.22. The number of thiazole rings is 1. The van der Waals surface area contributed by atoms with Crippen molar-refractivity contribution >= 4 is 62.7 Å². The molecule has 3 heterocycles. The number of carbonyl (C=O) groups is 2. The van der Waals surface area contributed by atoms with E-state index in [9.17, 15) is 19.7 Å². The highest BCUT2D eigenvalue weighted by molar-refractivity contribution is 8.18. The molecule has 156 valence electrons.